The molecule has 0 unspecified atom stereocenters. The van der Waals surface area contributed by atoms with Gasteiger partial charge in [-0.1, -0.05) is 52.3 Å². The second kappa shape index (κ2) is 7.76. The van der Waals surface area contributed by atoms with Crippen LogP contribution < -0.4 is 4.74 Å². The van der Waals surface area contributed by atoms with Crippen LogP contribution in [0.25, 0.3) is 0 Å². The number of hydrogen-bond acceptors (Lipinski definition) is 5. The molecule has 0 radical (unpaired) electrons. The number of ether oxygens (including phenoxy) is 1. The molecule has 1 fully saturated rings. The van der Waals surface area contributed by atoms with Crippen LogP contribution in [0.2, 0.25) is 0 Å². The van der Waals surface area contributed by atoms with Gasteiger partial charge in [-0.3, -0.25) is 4.90 Å². The normalized spacial score (nSPS) is 22.0. The Hall–Kier alpha value is -2.15. The van der Waals surface area contributed by atoms with Crippen molar-refractivity contribution in [3.63, 3.8) is 0 Å². The van der Waals surface area contributed by atoms with Gasteiger partial charge in [0.25, 0.3) is 0 Å². The summed E-state index contributed by atoms with van der Waals surface area (Å²) in [6, 6.07) is 21.7. The van der Waals surface area contributed by atoms with E-state index < -0.39 is 0 Å². The van der Waals surface area contributed by atoms with E-state index in [0.717, 1.165) is 49.1 Å². The fraction of sp³-hybridized carbons (Fsp3) is 0.320. The highest BCUT2D eigenvalue weighted by atomic mass is 79.9. The molecular weight excluding hydrogens is 470 g/mol. The molecule has 1 saturated heterocycles. The minimum absolute atomic E-state index is 0.235. The van der Waals surface area contributed by atoms with Crippen LogP contribution in [-0.4, -0.2) is 34.4 Å². The van der Waals surface area contributed by atoms with Crippen molar-refractivity contribution in [3.05, 3.63) is 86.5 Å². The van der Waals surface area contributed by atoms with E-state index in [1.165, 1.54) is 21.7 Å². The Balaban J connectivity index is 1.30. The van der Waals surface area contributed by atoms with Crippen LogP contribution in [0.15, 0.2) is 75.6 Å². The molecule has 4 nitrogen and oxygen atoms in total. The first-order chi connectivity index (χ1) is 15.2. The van der Waals surface area contributed by atoms with Gasteiger partial charge >= 0.3 is 0 Å². The molecule has 0 saturated carbocycles. The lowest BCUT2D eigenvalue weighted by Crippen LogP contribution is -2.59. The maximum Gasteiger partial charge on any atom is 0.200 e. The molecule has 6 heteroatoms. The molecule has 3 aliphatic heterocycles. The highest BCUT2D eigenvalue weighted by Gasteiger charge is 2.51. The summed E-state index contributed by atoms with van der Waals surface area (Å²) in [4.78, 5) is 3.80. The quantitative estimate of drug-likeness (QED) is 0.444. The number of likely N-dealkylation sites (tertiary alicyclic amines) is 1. The zero-order valence-corrected chi connectivity index (χ0v) is 19.6. The van der Waals surface area contributed by atoms with E-state index in [1.54, 1.807) is 11.3 Å². The first-order valence-electron chi connectivity index (χ1n) is 10.9. The molecule has 1 atom stereocenters. The van der Waals surface area contributed by atoms with Crippen LogP contribution in [-0.2, 0) is 6.54 Å². The third-order valence-corrected chi connectivity index (χ3v) is 8.06. The molecule has 3 aliphatic rings. The predicted molar refractivity (Wildman–Crippen MR) is 129 cm³/mol. The summed E-state index contributed by atoms with van der Waals surface area (Å²) in [5.41, 5.74) is 3.43. The van der Waals surface area contributed by atoms with Gasteiger partial charge in [-0.15, -0.1) is 11.3 Å². The average Bonchev–Trinajstić information content (AvgIpc) is 3.47. The number of thiophene rings is 1. The number of hydrazone groups is 1. The lowest BCUT2D eigenvalue weighted by atomic mass is 9.91. The number of piperidine rings is 1. The Morgan fingerprint density at radius 1 is 1.06 bits per heavy atom. The smallest absolute Gasteiger partial charge is 0.200 e. The zero-order chi connectivity index (χ0) is 20.8. The topological polar surface area (TPSA) is 28.1 Å². The summed E-state index contributed by atoms with van der Waals surface area (Å²) in [6.45, 7) is 3.01. The average molecular weight is 494 g/mol. The Bertz CT molecular complexity index is 1110. The van der Waals surface area contributed by atoms with E-state index in [0.29, 0.717) is 0 Å². The van der Waals surface area contributed by atoms with E-state index >= 15 is 0 Å². The summed E-state index contributed by atoms with van der Waals surface area (Å²) in [6.07, 6.45) is 2.84. The van der Waals surface area contributed by atoms with Crippen molar-refractivity contribution < 1.29 is 4.74 Å². The summed E-state index contributed by atoms with van der Waals surface area (Å²) >= 11 is 5.42. The Morgan fingerprint density at radius 3 is 2.68 bits per heavy atom. The van der Waals surface area contributed by atoms with Gasteiger partial charge in [-0.05, 0) is 35.2 Å². The first-order valence-corrected chi connectivity index (χ1v) is 12.5. The predicted octanol–water partition coefficient (Wildman–Crippen LogP) is 6.05. The van der Waals surface area contributed by atoms with E-state index in [1.807, 2.05) is 0 Å². The number of rotatable bonds is 3. The van der Waals surface area contributed by atoms with Gasteiger partial charge in [0.2, 0.25) is 5.72 Å². The third kappa shape index (κ3) is 3.51. The van der Waals surface area contributed by atoms with Gasteiger partial charge in [0, 0.05) is 48.9 Å². The standard InChI is InChI=1S/C25H24BrN3OS/c26-19-8-9-23-20(15-19)22-16-21(24-7-4-14-31-24)27-29(22)25(30-23)10-12-28(13-11-25)17-18-5-2-1-3-6-18/h1-9,14-15,22H,10-13,16-17H2/t22-/m0/s1. The summed E-state index contributed by atoms with van der Waals surface area (Å²) < 4.78 is 7.86. The second-order valence-electron chi connectivity index (χ2n) is 8.58. The minimum atomic E-state index is -0.363. The maximum absolute atomic E-state index is 6.77. The highest BCUT2D eigenvalue weighted by Crippen LogP contribution is 2.50. The Kier molecular flexibility index (Phi) is 4.89. The molecule has 4 heterocycles. The molecular formula is C25H24BrN3OS. The van der Waals surface area contributed by atoms with Crippen LogP contribution in [0.1, 0.15) is 41.3 Å². The van der Waals surface area contributed by atoms with Crippen LogP contribution >= 0.6 is 27.3 Å². The van der Waals surface area contributed by atoms with Crippen molar-refractivity contribution in [3.8, 4) is 5.75 Å². The van der Waals surface area contributed by atoms with Crippen LogP contribution in [0.5, 0.6) is 5.75 Å². The molecule has 0 N–H and O–H groups in total. The van der Waals surface area contributed by atoms with E-state index in [9.17, 15) is 0 Å². The van der Waals surface area contributed by atoms with Crippen LogP contribution in [0.4, 0.5) is 0 Å². The van der Waals surface area contributed by atoms with Gasteiger partial charge < -0.3 is 4.74 Å². The number of hydrogen-bond donors (Lipinski definition) is 0. The van der Waals surface area contributed by atoms with Gasteiger partial charge in [-0.25, -0.2) is 5.01 Å². The number of halogens is 1. The fourth-order valence-electron chi connectivity index (χ4n) is 5.08. The number of benzene rings is 2. The lowest BCUT2D eigenvalue weighted by molar-refractivity contribution is -0.150. The van der Waals surface area contributed by atoms with Gasteiger partial charge in [0.05, 0.1) is 16.6 Å². The van der Waals surface area contributed by atoms with E-state index in [-0.39, 0.29) is 11.8 Å². The molecule has 1 spiro atoms. The molecule has 0 aliphatic carbocycles. The van der Waals surface area contributed by atoms with Crippen molar-refractivity contribution in [2.75, 3.05) is 13.1 Å². The summed E-state index contributed by atoms with van der Waals surface area (Å²) in [5, 5.41) is 9.60. The minimum Gasteiger partial charge on any atom is -0.466 e. The van der Waals surface area contributed by atoms with Crippen LogP contribution in [0, 0.1) is 0 Å². The highest BCUT2D eigenvalue weighted by molar-refractivity contribution is 9.10. The van der Waals surface area contributed by atoms with Crippen molar-refractivity contribution in [1.82, 2.24) is 9.91 Å². The van der Waals surface area contributed by atoms with Gasteiger partial charge in [0.1, 0.15) is 5.75 Å². The molecule has 2 aromatic carbocycles. The number of fused-ring (bicyclic) bond motifs is 4. The number of nitrogens with zero attached hydrogens (tertiary/aromatic N) is 3. The van der Waals surface area contributed by atoms with Gasteiger partial charge in [0.15, 0.2) is 0 Å². The molecule has 158 valence electrons. The zero-order valence-electron chi connectivity index (χ0n) is 17.2. The lowest BCUT2D eigenvalue weighted by Gasteiger charge is -2.51. The molecule has 6 rings (SSSR count). The van der Waals surface area contributed by atoms with Gasteiger partial charge in [-0.2, -0.15) is 5.10 Å². The fourth-order valence-corrected chi connectivity index (χ4v) is 6.18. The molecule has 3 aromatic rings. The third-order valence-electron chi connectivity index (χ3n) is 6.65. The van der Waals surface area contributed by atoms with Crippen molar-refractivity contribution >= 4 is 33.0 Å². The molecule has 0 amide bonds. The van der Waals surface area contributed by atoms with E-state index in [4.69, 9.17) is 9.84 Å². The second-order valence-corrected chi connectivity index (χ2v) is 10.4. The van der Waals surface area contributed by atoms with Crippen molar-refractivity contribution in [2.45, 2.75) is 37.6 Å². The molecule has 0 bridgehead atoms. The SMILES string of the molecule is Brc1ccc2c(c1)[C@@H]1CC(c3cccs3)=NN1C1(CCN(Cc3ccccc3)CC1)O2. The van der Waals surface area contributed by atoms with Crippen LogP contribution in [0.3, 0.4) is 0 Å². The largest absolute Gasteiger partial charge is 0.466 e. The van der Waals surface area contributed by atoms with Crippen molar-refractivity contribution in [2.24, 2.45) is 5.10 Å². The first kappa shape index (κ1) is 19.5. The Labute approximate surface area is 195 Å². The Morgan fingerprint density at radius 2 is 1.90 bits per heavy atom. The summed E-state index contributed by atoms with van der Waals surface area (Å²) in [5.74, 6) is 1.02. The molecule has 31 heavy (non-hydrogen) atoms. The molecule has 1 aromatic heterocycles. The summed E-state index contributed by atoms with van der Waals surface area (Å²) in [7, 11) is 0. The monoisotopic (exact) mass is 493 g/mol. The van der Waals surface area contributed by atoms with Crippen molar-refractivity contribution in [1.29, 1.82) is 0 Å². The maximum atomic E-state index is 6.77. The van der Waals surface area contributed by atoms with E-state index in [2.05, 4.69) is 91.9 Å².